The van der Waals surface area contributed by atoms with Gasteiger partial charge in [0.25, 0.3) is 0 Å². The molecule has 3 heteroatoms. The molecule has 1 saturated carbocycles. The highest BCUT2D eigenvalue weighted by Gasteiger charge is 2.43. The third-order valence-corrected chi connectivity index (χ3v) is 6.95. The Balaban J connectivity index is 2.22. The lowest BCUT2D eigenvalue weighted by molar-refractivity contribution is 0.0917. The summed E-state index contributed by atoms with van der Waals surface area (Å²) in [6.07, 6.45) is 10.3. The molecule has 22 heavy (non-hydrogen) atoms. The molecule has 0 radical (unpaired) electrons. The Morgan fingerprint density at radius 2 is 2.00 bits per heavy atom. The Morgan fingerprint density at radius 1 is 1.36 bits per heavy atom. The summed E-state index contributed by atoms with van der Waals surface area (Å²) in [5.74, 6) is 0.730. The van der Waals surface area contributed by atoms with Crippen LogP contribution in [0.4, 0.5) is 0 Å². The van der Waals surface area contributed by atoms with Crippen LogP contribution in [0.1, 0.15) is 53.4 Å². The van der Waals surface area contributed by atoms with E-state index in [1.807, 2.05) is 0 Å². The summed E-state index contributed by atoms with van der Waals surface area (Å²) in [6.45, 7) is 11.9. The molecule has 1 aliphatic heterocycles. The molecule has 2 fully saturated rings. The van der Waals surface area contributed by atoms with E-state index >= 15 is 0 Å². The van der Waals surface area contributed by atoms with Crippen molar-refractivity contribution in [2.24, 2.45) is 11.3 Å². The zero-order chi connectivity index (χ0) is 16.3. The number of rotatable bonds is 3. The smallest absolute Gasteiger partial charge is 0.133 e. The van der Waals surface area contributed by atoms with Crippen LogP contribution in [0.3, 0.4) is 0 Å². The Kier molecular flexibility index (Phi) is 6.30. The van der Waals surface area contributed by atoms with Crippen LogP contribution in [0.25, 0.3) is 0 Å². The fourth-order valence-electron chi connectivity index (χ4n) is 3.98. The second-order valence-corrected chi connectivity index (χ2v) is 10.0. The van der Waals surface area contributed by atoms with E-state index in [4.69, 9.17) is 0 Å². The molecule has 1 saturated heterocycles. The average molecular weight is 319 g/mol. The zero-order valence-corrected chi connectivity index (χ0v) is 16.3. The first-order valence-corrected chi connectivity index (χ1v) is 9.93. The van der Waals surface area contributed by atoms with Crippen molar-refractivity contribution in [1.82, 2.24) is 4.90 Å². The minimum Gasteiger partial charge on any atom is -0.306 e. The van der Waals surface area contributed by atoms with Gasteiger partial charge in [0.05, 0.1) is 0 Å². The van der Waals surface area contributed by atoms with Gasteiger partial charge in [-0.15, -0.1) is 5.47 Å². The van der Waals surface area contributed by atoms with Gasteiger partial charge in [-0.25, -0.2) is 0 Å². The van der Waals surface area contributed by atoms with Gasteiger partial charge >= 0.3 is 0 Å². The number of thioether (sulfide) groups is 1. The Labute approximate surface area is 143 Å². The van der Waals surface area contributed by atoms with Crippen molar-refractivity contribution in [3.63, 3.8) is 0 Å². The maximum Gasteiger partial charge on any atom is 0.133 e. The van der Waals surface area contributed by atoms with Gasteiger partial charge in [0.1, 0.15) is 7.85 Å². The highest BCUT2D eigenvalue weighted by atomic mass is 32.2. The van der Waals surface area contributed by atoms with Crippen molar-refractivity contribution in [3.8, 4) is 0 Å². The van der Waals surface area contributed by atoms with Crippen LogP contribution >= 0.6 is 11.8 Å². The summed E-state index contributed by atoms with van der Waals surface area (Å²) >= 11 is 2.21. The van der Waals surface area contributed by atoms with E-state index in [1.165, 1.54) is 44.2 Å². The lowest BCUT2D eigenvalue weighted by Crippen LogP contribution is -2.44. The van der Waals surface area contributed by atoms with Gasteiger partial charge in [-0.1, -0.05) is 45.4 Å². The van der Waals surface area contributed by atoms with Crippen LogP contribution in [0.5, 0.6) is 0 Å². The van der Waals surface area contributed by atoms with Crippen LogP contribution in [0, 0.1) is 11.3 Å². The van der Waals surface area contributed by atoms with Crippen LogP contribution in [0.2, 0.25) is 0 Å². The first-order valence-electron chi connectivity index (χ1n) is 8.99. The minimum absolute atomic E-state index is 0.576. The first kappa shape index (κ1) is 18.2. The lowest BCUT2D eigenvalue weighted by atomic mass is 9.63. The minimum atomic E-state index is 0.576. The highest BCUT2D eigenvalue weighted by Crippen LogP contribution is 2.52. The molecule has 2 unspecified atom stereocenters. The maximum atomic E-state index is 2.51. The van der Waals surface area contributed by atoms with E-state index < -0.39 is 0 Å². The highest BCUT2D eigenvalue weighted by molar-refractivity contribution is 8.00. The Morgan fingerprint density at radius 3 is 2.55 bits per heavy atom. The van der Waals surface area contributed by atoms with E-state index in [9.17, 15) is 0 Å². The predicted octanol–water partition coefficient (Wildman–Crippen LogP) is 4.10. The van der Waals surface area contributed by atoms with Gasteiger partial charge in [0, 0.05) is 5.25 Å². The lowest BCUT2D eigenvalue weighted by Gasteiger charge is -2.49. The standard InChI is InChI=1S/C19H34BNS/c1-14(2)22-18-13-19(8-10-21(5)11-9-19)12-17(16(18)4)7-6-15(3)20/h6-7,14,16,18H,8-13,20H2,1-5H3/b15-6+,17-7-. The summed E-state index contributed by atoms with van der Waals surface area (Å²) in [4.78, 5) is 2.51. The van der Waals surface area contributed by atoms with E-state index in [1.54, 1.807) is 5.57 Å². The second-order valence-electron chi connectivity index (χ2n) is 8.18. The zero-order valence-electron chi connectivity index (χ0n) is 15.5. The van der Waals surface area contributed by atoms with Gasteiger partial charge in [-0.2, -0.15) is 11.8 Å². The van der Waals surface area contributed by atoms with Crippen molar-refractivity contribution in [2.45, 2.75) is 63.9 Å². The molecule has 0 N–H and O–H groups in total. The number of likely N-dealkylation sites (tertiary alicyclic amines) is 1. The number of allylic oxidation sites excluding steroid dienone is 4. The molecule has 0 amide bonds. The molecule has 1 aliphatic carbocycles. The number of hydrogen-bond acceptors (Lipinski definition) is 2. The molecule has 2 rings (SSSR count). The van der Waals surface area contributed by atoms with Gasteiger partial charge in [0.2, 0.25) is 0 Å². The van der Waals surface area contributed by atoms with Gasteiger partial charge in [0.15, 0.2) is 0 Å². The fraction of sp³-hybridized carbons (Fsp3) is 0.789. The molecule has 2 atom stereocenters. The normalized spacial score (nSPS) is 32.1. The maximum absolute atomic E-state index is 2.51. The molecule has 0 aromatic heterocycles. The predicted molar refractivity (Wildman–Crippen MR) is 104 cm³/mol. The number of nitrogens with zero attached hydrogens (tertiary/aromatic N) is 1. The first-order chi connectivity index (χ1) is 10.3. The molecular formula is C19H34BNS. The SMILES string of the molecule is B/C(C)=C/C=C1/CC2(CCN(C)CC2)CC(SC(C)C)C1C. The monoisotopic (exact) mass is 319 g/mol. The van der Waals surface area contributed by atoms with Gasteiger partial charge < -0.3 is 4.90 Å². The summed E-state index contributed by atoms with van der Waals surface area (Å²) in [6, 6.07) is 0. The third-order valence-electron chi connectivity index (χ3n) is 5.48. The van der Waals surface area contributed by atoms with Gasteiger partial charge in [-0.3, -0.25) is 0 Å². The molecule has 1 nitrogen and oxygen atoms in total. The van der Waals surface area contributed by atoms with Crippen molar-refractivity contribution in [1.29, 1.82) is 0 Å². The largest absolute Gasteiger partial charge is 0.306 e. The van der Waals surface area contributed by atoms with Crippen molar-refractivity contribution in [3.05, 3.63) is 23.2 Å². The topological polar surface area (TPSA) is 3.24 Å². The van der Waals surface area contributed by atoms with E-state index in [-0.39, 0.29) is 0 Å². The summed E-state index contributed by atoms with van der Waals surface area (Å²) in [5, 5.41) is 1.53. The third kappa shape index (κ3) is 4.68. The van der Waals surface area contributed by atoms with E-state index in [2.05, 4.69) is 71.4 Å². The molecule has 1 heterocycles. The summed E-state index contributed by atoms with van der Waals surface area (Å²) in [5.41, 5.74) is 3.69. The van der Waals surface area contributed by atoms with Crippen LogP contribution in [0.15, 0.2) is 23.2 Å². The number of hydrogen-bond donors (Lipinski definition) is 0. The van der Waals surface area contributed by atoms with Crippen molar-refractivity contribution in [2.75, 3.05) is 20.1 Å². The fourth-order valence-corrected chi connectivity index (χ4v) is 5.54. The Bertz CT molecular complexity index is 429. The van der Waals surface area contributed by atoms with Crippen molar-refractivity contribution >= 4 is 19.6 Å². The quantitative estimate of drug-likeness (QED) is 0.721. The molecule has 2 aliphatic rings. The van der Waals surface area contributed by atoms with Crippen LogP contribution in [-0.4, -0.2) is 43.4 Å². The van der Waals surface area contributed by atoms with E-state index in [0.717, 1.165) is 16.4 Å². The molecule has 0 aromatic rings. The molecule has 1 spiro atoms. The summed E-state index contributed by atoms with van der Waals surface area (Å²) in [7, 11) is 4.48. The Hall–Kier alpha value is -0.145. The van der Waals surface area contributed by atoms with Crippen molar-refractivity contribution < 1.29 is 0 Å². The van der Waals surface area contributed by atoms with Crippen LogP contribution < -0.4 is 0 Å². The van der Waals surface area contributed by atoms with Crippen LogP contribution in [-0.2, 0) is 0 Å². The second kappa shape index (κ2) is 7.62. The molecule has 0 bridgehead atoms. The average Bonchev–Trinajstić information content (AvgIpc) is 2.44. The summed E-state index contributed by atoms with van der Waals surface area (Å²) < 4.78 is 0. The molecular weight excluding hydrogens is 285 g/mol. The van der Waals surface area contributed by atoms with E-state index in [0.29, 0.717) is 5.41 Å². The molecule has 0 aromatic carbocycles. The number of piperidine rings is 1. The molecule has 124 valence electrons. The van der Waals surface area contributed by atoms with Gasteiger partial charge in [-0.05, 0) is 62.4 Å².